The van der Waals surface area contributed by atoms with Crippen LogP contribution in [0, 0.1) is 21.4 Å². The minimum Gasteiger partial charge on any atom is -0.348 e. The maximum absolute atomic E-state index is 11.4. The summed E-state index contributed by atoms with van der Waals surface area (Å²) in [4.78, 5) is 27.0. The molecule has 0 unspecified atom stereocenters. The first-order valence-corrected chi connectivity index (χ1v) is 5.43. The van der Waals surface area contributed by atoms with Gasteiger partial charge in [-0.25, -0.2) is 4.98 Å². The van der Waals surface area contributed by atoms with Gasteiger partial charge in [-0.3, -0.25) is 14.9 Å². The summed E-state index contributed by atoms with van der Waals surface area (Å²) in [5.41, 5.74) is -0.0995. The molecular formula is C11H10N4O3. The molecule has 0 amide bonds. The summed E-state index contributed by atoms with van der Waals surface area (Å²) < 4.78 is 0. The van der Waals surface area contributed by atoms with Gasteiger partial charge in [0.1, 0.15) is 23.6 Å². The Morgan fingerprint density at radius 1 is 1.56 bits per heavy atom. The smallest absolute Gasteiger partial charge is 0.289 e. The number of nitro groups is 1. The molecule has 0 bridgehead atoms. The normalized spacial score (nSPS) is 15.3. The molecule has 0 aliphatic carbocycles. The van der Waals surface area contributed by atoms with E-state index in [1.165, 1.54) is 6.07 Å². The van der Waals surface area contributed by atoms with Crippen LogP contribution in [-0.2, 0) is 4.79 Å². The number of Topliss-reactive ketones (excluding diaryl/α,β-unsaturated/α-hetero) is 1. The fraction of sp³-hybridized carbons (Fsp3) is 0.364. The first kappa shape index (κ1) is 12.0. The predicted molar refractivity (Wildman–Crippen MR) is 62.1 cm³/mol. The van der Waals surface area contributed by atoms with Crippen molar-refractivity contribution in [3.8, 4) is 6.07 Å². The monoisotopic (exact) mass is 246 g/mol. The first-order chi connectivity index (χ1) is 8.61. The molecule has 0 N–H and O–H groups in total. The van der Waals surface area contributed by atoms with E-state index in [2.05, 4.69) is 4.98 Å². The van der Waals surface area contributed by atoms with Gasteiger partial charge in [-0.2, -0.15) is 5.26 Å². The van der Waals surface area contributed by atoms with Crippen LogP contribution in [0.25, 0.3) is 0 Å². The van der Waals surface area contributed by atoms with Crippen LogP contribution in [0.1, 0.15) is 18.4 Å². The summed E-state index contributed by atoms with van der Waals surface area (Å²) in [5, 5.41) is 19.6. The molecular weight excluding hydrogens is 236 g/mol. The maximum atomic E-state index is 11.4. The van der Waals surface area contributed by atoms with Crippen LogP contribution in [0.15, 0.2) is 12.3 Å². The summed E-state index contributed by atoms with van der Waals surface area (Å²) >= 11 is 0. The third-order valence-electron chi connectivity index (χ3n) is 2.73. The highest BCUT2D eigenvalue weighted by Crippen LogP contribution is 2.23. The van der Waals surface area contributed by atoms with E-state index in [9.17, 15) is 14.9 Å². The van der Waals surface area contributed by atoms with Crippen LogP contribution in [0.2, 0.25) is 0 Å². The van der Waals surface area contributed by atoms with Crippen molar-refractivity contribution in [1.29, 1.82) is 5.26 Å². The largest absolute Gasteiger partial charge is 0.348 e. The third-order valence-corrected chi connectivity index (χ3v) is 2.73. The van der Waals surface area contributed by atoms with Gasteiger partial charge < -0.3 is 4.90 Å². The van der Waals surface area contributed by atoms with Gasteiger partial charge in [-0.05, 0) is 6.42 Å². The van der Waals surface area contributed by atoms with Gasteiger partial charge in [-0.1, -0.05) is 0 Å². The zero-order valence-corrected chi connectivity index (χ0v) is 9.50. The summed E-state index contributed by atoms with van der Waals surface area (Å²) in [6, 6.07) is 3.07. The van der Waals surface area contributed by atoms with E-state index in [0.29, 0.717) is 25.2 Å². The second-order valence-corrected chi connectivity index (χ2v) is 4.00. The number of carbonyl (C=O) groups excluding carboxylic acids is 1. The number of piperidine rings is 1. The highest BCUT2D eigenvalue weighted by atomic mass is 16.6. The number of hydrogen-bond acceptors (Lipinski definition) is 6. The zero-order chi connectivity index (χ0) is 13.1. The molecule has 2 rings (SSSR count). The molecule has 0 radical (unpaired) electrons. The number of ketones is 1. The van der Waals surface area contributed by atoms with Crippen molar-refractivity contribution in [3.05, 3.63) is 27.9 Å². The standard InChI is InChI=1S/C11H10N4O3/c12-5-8-4-9(15(17)18)6-13-11(8)14-3-1-2-10(16)7-14/h4,6H,1-3,7H2. The first-order valence-electron chi connectivity index (χ1n) is 5.43. The number of nitriles is 1. The lowest BCUT2D eigenvalue weighted by Gasteiger charge is -2.27. The Labute approximate surface area is 103 Å². The molecule has 1 aromatic heterocycles. The van der Waals surface area contributed by atoms with Crippen molar-refractivity contribution in [1.82, 2.24) is 4.98 Å². The number of carbonyl (C=O) groups is 1. The zero-order valence-electron chi connectivity index (χ0n) is 9.50. The molecule has 0 spiro atoms. The van der Waals surface area contributed by atoms with Crippen LogP contribution < -0.4 is 4.90 Å². The molecule has 1 saturated heterocycles. The van der Waals surface area contributed by atoms with Gasteiger partial charge in [0.15, 0.2) is 5.78 Å². The Morgan fingerprint density at radius 3 is 2.94 bits per heavy atom. The van der Waals surface area contributed by atoms with E-state index >= 15 is 0 Å². The molecule has 0 aromatic carbocycles. The third kappa shape index (κ3) is 2.27. The van der Waals surface area contributed by atoms with E-state index in [1.807, 2.05) is 6.07 Å². The molecule has 0 atom stereocenters. The van der Waals surface area contributed by atoms with E-state index in [-0.39, 0.29) is 23.6 Å². The van der Waals surface area contributed by atoms with Crippen molar-refractivity contribution >= 4 is 17.3 Å². The van der Waals surface area contributed by atoms with Gasteiger partial charge in [0.25, 0.3) is 5.69 Å². The Bertz CT molecular complexity index is 550. The Balaban J connectivity index is 2.36. The topological polar surface area (TPSA) is 100 Å². The van der Waals surface area contributed by atoms with Gasteiger partial charge in [-0.15, -0.1) is 0 Å². The highest BCUT2D eigenvalue weighted by molar-refractivity contribution is 5.84. The van der Waals surface area contributed by atoms with Crippen molar-refractivity contribution < 1.29 is 9.72 Å². The molecule has 7 nitrogen and oxygen atoms in total. The van der Waals surface area contributed by atoms with E-state index in [0.717, 1.165) is 6.20 Å². The fourth-order valence-electron chi connectivity index (χ4n) is 1.90. The summed E-state index contributed by atoms with van der Waals surface area (Å²) in [6.07, 6.45) is 2.35. The van der Waals surface area contributed by atoms with Crippen molar-refractivity contribution in [2.24, 2.45) is 0 Å². The van der Waals surface area contributed by atoms with E-state index in [4.69, 9.17) is 5.26 Å². The van der Waals surface area contributed by atoms with Crippen LogP contribution >= 0.6 is 0 Å². The summed E-state index contributed by atoms with van der Waals surface area (Å²) in [5.74, 6) is 0.432. The molecule has 1 aliphatic rings. The fourth-order valence-corrected chi connectivity index (χ4v) is 1.90. The van der Waals surface area contributed by atoms with Gasteiger partial charge in [0.2, 0.25) is 0 Å². The van der Waals surface area contributed by atoms with Crippen LogP contribution in [0.4, 0.5) is 11.5 Å². The predicted octanol–water partition coefficient (Wildman–Crippen LogP) is 1.03. The molecule has 1 aromatic rings. The van der Waals surface area contributed by atoms with Gasteiger partial charge in [0, 0.05) is 19.0 Å². The van der Waals surface area contributed by atoms with Gasteiger partial charge >= 0.3 is 0 Å². The number of anilines is 1. The van der Waals surface area contributed by atoms with E-state index < -0.39 is 4.92 Å². The Hall–Kier alpha value is -2.49. The van der Waals surface area contributed by atoms with Crippen molar-refractivity contribution in [3.63, 3.8) is 0 Å². The van der Waals surface area contributed by atoms with Crippen LogP contribution in [0.3, 0.4) is 0 Å². The summed E-state index contributed by atoms with van der Waals surface area (Å²) in [7, 11) is 0. The average molecular weight is 246 g/mol. The second kappa shape index (κ2) is 4.79. The van der Waals surface area contributed by atoms with Gasteiger partial charge in [0.05, 0.1) is 11.5 Å². The Morgan fingerprint density at radius 2 is 2.33 bits per heavy atom. The Kier molecular flexibility index (Phi) is 3.19. The van der Waals surface area contributed by atoms with Crippen molar-refractivity contribution in [2.75, 3.05) is 18.0 Å². The SMILES string of the molecule is N#Cc1cc([N+](=O)[O-])cnc1N1CCCC(=O)C1. The lowest BCUT2D eigenvalue weighted by Crippen LogP contribution is -2.36. The molecule has 18 heavy (non-hydrogen) atoms. The number of nitrogens with zero attached hydrogens (tertiary/aromatic N) is 4. The average Bonchev–Trinajstić information content (AvgIpc) is 2.37. The minimum atomic E-state index is -0.598. The molecule has 1 fully saturated rings. The quantitative estimate of drug-likeness (QED) is 0.570. The molecule has 1 aliphatic heterocycles. The summed E-state index contributed by atoms with van der Waals surface area (Å²) in [6.45, 7) is 0.838. The van der Waals surface area contributed by atoms with E-state index in [1.54, 1.807) is 4.90 Å². The number of aromatic nitrogens is 1. The number of hydrogen-bond donors (Lipinski definition) is 0. The molecule has 0 saturated carbocycles. The molecule has 92 valence electrons. The second-order valence-electron chi connectivity index (χ2n) is 4.00. The van der Waals surface area contributed by atoms with Crippen molar-refractivity contribution in [2.45, 2.75) is 12.8 Å². The van der Waals surface area contributed by atoms with Crippen LogP contribution in [0.5, 0.6) is 0 Å². The maximum Gasteiger partial charge on any atom is 0.289 e. The lowest BCUT2D eigenvalue weighted by atomic mass is 10.1. The highest BCUT2D eigenvalue weighted by Gasteiger charge is 2.22. The minimum absolute atomic E-state index is 0.0882. The number of pyridine rings is 1. The van der Waals surface area contributed by atoms with Crippen LogP contribution in [-0.4, -0.2) is 28.8 Å². The molecule has 2 heterocycles. The lowest BCUT2D eigenvalue weighted by molar-refractivity contribution is -0.385. The number of rotatable bonds is 2. The molecule has 7 heteroatoms.